The molecule has 1 aromatic heterocycles. The quantitative estimate of drug-likeness (QED) is 0.775. The van der Waals surface area contributed by atoms with E-state index in [1.807, 2.05) is 31.4 Å². The van der Waals surface area contributed by atoms with Crippen molar-refractivity contribution in [2.45, 2.75) is 45.7 Å². The lowest BCUT2D eigenvalue weighted by atomic mass is 10.1. The number of nitrogens with one attached hydrogen (secondary N) is 1. The first-order valence-corrected chi connectivity index (χ1v) is 7.70. The molecule has 0 aromatic carbocycles. The van der Waals surface area contributed by atoms with Crippen molar-refractivity contribution < 1.29 is 14.7 Å². The Morgan fingerprint density at radius 2 is 2.25 bits per heavy atom. The third-order valence-corrected chi connectivity index (χ3v) is 3.85. The molecule has 1 heterocycles. The maximum atomic E-state index is 12.1. The van der Waals surface area contributed by atoms with Gasteiger partial charge >= 0.3 is 12.0 Å². The summed E-state index contributed by atoms with van der Waals surface area (Å²) >= 11 is 1.63. The zero-order valence-corrected chi connectivity index (χ0v) is 12.8. The third-order valence-electron chi connectivity index (χ3n) is 2.99. The normalized spacial score (nSPS) is 11.9. The molecule has 0 aliphatic rings. The van der Waals surface area contributed by atoms with Crippen molar-refractivity contribution in [2.75, 3.05) is 6.54 Å². The Balaban J connectivity index is 2.36. The molecule has 1 unspecified atom stereocenters. The van der Waals surface area contributed by atoms with Crippen molar-refractivity contribution in [3.8, 4) is 0 Å². The van der Waals surface area contributed by atoms with Gasteiger partial charge in [0.25, 0.3) is 0 Å². The van der Waals surface area contributed by atoms with E-state index in [4.69, 9.17) is 5.11 Å². The average Bonchev–Trinajstić information content (AvgIpc) is 2.88. The van der Waals surface area contributed by atoms with Crippen molar-refractivity contribution >= 4 is 23.3 Å². The summed E-state index contributed by atoms with van der Waals surface area (Å²) in [5.74, 6) is -0.795. The average molecular weight is 298 g/mol. The number of nitrogens with zero attached hydrogens (tertiary/aromatic N) is 1. The van der Waals surface area contributed by atoms with Crippen LogP contribution in [0.5, 0.6) is 0 Å². The molecule has 20 heavy (non-hydrogen) atoms. The van der Waals surface area contributed by atoms with Gasteiger partial charge in [-0.1, -0.05) is 6.07 Å². The molecule has 0 fully saturated rings. The summed E-state index contributed by atoms with van der Waals surface area (Å²) in [6, 6.07) is 3.87. The lowest BCUT2D eigenvalue weighted by molar-refractivity contribution is -0.137. The molecule has 6 heteroatoms. The minimum Gasteiger partial charge on any atom is -0.481 e. The molecule has 0 saturated carbocycles. The number of amides is 2. The van der Waals surface area contributed by atoms with Gasteiger partial charge in [-0.2, -0.15) is 0 Å². The number of carbonyl (C=O) groups is 2. The highest BCUT2D eigenvalue weighted by Gasteiger charge is 2.15. The minimum atomic E-state index is -0.795. The molecule has 0 saturated heterocycles. The molecule has 0 bridgehead atoms. The van der Waals surface area contributed by atoms with Crippen molar-refractivity contribution in [1.29, 1.82) is 0 Å². The highest BCUT2D eigenvalue weighted by molar-refractivity contribution is 7.09. The van der Waals surface area contributed by atoms with E-state index in [-0.39, 0.29) is 18.5 Å². The molecule has 0 radical (unpaired) electrons. The van der Waals surface area contributed by atoms with Crippen molar-refractivity contribution in [3.63, 3.8) is 0 Å². The number of urea groups is 1. The van der Waals surface area contributed by atoms with Crippen LogP contribution >= 0.6 is 11.3 Å². The Hall–Kier alpha value is -1.56. The van der Waals surface area contributed by atoms with Crippen molar-refractivity contribution in [1.82, 2.24) is 10.2 Å². The second-order valence-electron chi connectivity index (χ2n) is 4.73. The molecular formula is C14H22N2O3S. The van der Waals surface area contributed by atoms with E-state index in [1.165, 1.54) is 0 Å². The number of hydrogen-bond donors (Lipinski definition) is 2. The SMILES string of the molecule is CCN(Cc1cccs1)C(=O)NC(C)CCCC(=O)O. The molecule has 0 aliphatic carbocycles. The second-order valence-corrected chi connectivity index (χ2v) is 5.76. The number of hydrogen-bond acceptors (Lipinski definition) is 3. The predicted molar refractivity (Wildman–Crippen MR) is 79.9 cm³/mol. The molecular weight excluding hydrogens is 276 g/mol. The van der Waals surface area contributed by atoms with Crippen LogP contribution in [0.25, 0.3) is 0 Å². The lowest BCUT2D eigenvalue weighted by Gasteiger charge is -2.23. The first-order chi connectivity index (χ1) is 9.52. The van der Waals surface area contributed by atoms with Crippen molar-refractivity contribution in [3.05, 3.63) is 22.4 Å². The highest BCUT2D eigenvalue weighted by Crippen LogP contribution is 2.12. The van der Waals surface area contributed by atoms with E-state index in [0.29, 0.717) is 25.9 Å². The Labute approximate surface area is 123 Å². The van der Waals surface area contributed by atoms with E-state index in [9.17, 15) is 9.59 Å². The summed E-state index contributed by atoms with van der Waals surface area (Å²) in [5.41, 5.74) is 0. The molecule has 5 nitrogen and oxygen atoms in total. The highest BCUT2D eigenvalue weighted by atomic mass is 32.1. The molecule has 1 rings (SSSR count). The van der Waals surface area contributed by atoms with Crippen LogP contribution < -0.4 is 5.32 Å². The monoisotopic (exact) mass is 298 g/mol. The number of carboxylic acids is 1. The zero-order valence-electron chi connectivity index (χ0n) is 12.0. The number of aliphatic carboxylic acids is 1. The summed E-state index contributed by atoms with van der Waals surface area (Å²) in [6.07, 6.45) is 1.40. The molecule has 2 amide bonds. The fraction of sp³-hybridized carbons (Fsp3) is 0.571. The van der Waals surface area contributed by atoms with Gasteiger partial charge in [0.15, 0.2) is 0 Å². The summed E-state index contributed by atoms with van der Waals surface area (Å²) in [6.45, 7) is 5.11. The van der Waals surface area contributed by atoms with E-state index >= 15 is 0 Å². The van der Waals surface area contributed by atoms with Gasteiger partial charge in [-0.3, -0.25) is 4.79 Å². The van der Waals surface area contributed by atoms with Crippen LogP contribution in [0.15, 0.2) is 17.5 Å². The van der Waals surface area contributed by atoms with E-state index in [2.05, 4.69) is 5.32 Å². The number of carboxylic acid groups (broad SMARTS) is 1. The van der Waals surface area contributed by atoms with E-state index < -0.39 is 5.97 Å². The van der Waals surface area contributed by atoms with Gasteiger partial charge in [-0.25, -0.2) is 4.79 Å². The summed E-state index contributed by atoms with van der Waals surface area (Å²) in [4.78, 5) is 25.5. The van der Waals surface area contributed by atoms with Gasteiger partial charge in [0.05, 0.1) is 6.54 Å². The Morgan fingerprint density at radius 3 is 2.80 bits per heavy atom. The first-order valence-electron chi connectivity index (χ1n) is 6.82. The fourth-order valence-corrected chi connectivity index (χ4v) is 2.57. The maximum absolute atomic E-state index is 12.1. The maximum Gasteiger partial charge on any atom is 0.317 e. The largest absolute Gasteiger partial charge is 0.481 e. The van der Waals surface area contributed by atoms with Crippen LogP contribution in [0.4, 0.5) is 4.79 Å². The van der Waals surface area contributed by atoms with Crippen molar-refractivity contribution in [2.24, 2.45) is 0 Å². The Bertz CT molecular complexity index is 420. The third kappa shape index (κ3) is 6.06. The molecule has 112 valence electrons. The molecule has 0 aliphatic heterocycles. The molecule has 1 aromatic rings. The van der Waals surface area contributed by atoms with Crippen LogP contribution in [0.3, 0.4) is 0 Å². The van der Waals surface area contributed by atoms with Crippen LogP contribution in [0.1, 0.15) is 38.0 Å². The number of rotatable bonds is 8. The smallest absolute Gasteiger partial charge is 0.317 e. The lowest BCUT2D eigenvalue weighted by Crippen LogP contribution is -2.43. The molecule has 0 spiro atoms. The minimum absolute atomic E-state index is 0.0146. The Kier molecular flexibility index (Phi) is 7.08. The van der Waals surface area contributed by atoms with Crippen LogP contribution in [0.2, 0.25) is 0 Å². The summed E-state index contributed by atoms with van der Waals surface area (Å²) in [5, 5.41) is 13.5. The van der Waals surface area contributed by atoms with E-state index in [1.54, 1.807) is 16.2 Å². The first kappa shape index (κ1) is 16.5. The summed E-state index contributed by atoms with van der Waals surface area (Å²) < 4.78 is 0. The summed E-state index contributed by atoms with van der Waals surface area (Å²) in [7, 11) is 0. The van der Waals surface area contributed by atoms with E-state index in [0.717, 1.165) is 4.88 Å². The van der Waals surface area contributed by atoms with Gasteiger partial charge in [-0.15, -0.1) is 11.3 Å². The topological polar surface area (TPSA) is 69.6 Å². The van der Waals surface area contributed by atoms with Gasteiger partial charge in [0.1, 0.15) is 0 Å². The standard InChI is InChI=1S/C14H22N2O3S/c1-3-16(10-12-7-5-9-20-12)14(19)15-11(2)6-4-8-13(17)18/h5,7,9,11H,3-4,6,8,10H2,1-2H3,(H,15,19)(H,17,18). The second kappa shape index (κ2) is 8.58. The van der Waals surface area contributed by atoms with Crippen LogP contribution in [0, 0.1) is 0 Å². The van der Waals surface area contributed by atoms with Gasteiger partial charge in [0.2, 0.25) is 0 Å². The molecule has 2 N–H and O–H groups in total. The fourth-order valence-electron chi connectivity index (χ4n) is 1.85. The number of thiophene rings is 1. The number of carbonyl (C=O) groups excluding carboxylic acids is 1. The van der Waals surface area contributed by atoms with Gasteiger partial charge in [-0.05, 0) is 38.1 Å². The van der Waals surface area contributed by atoms with Gasteiger partial charge < -0.3 is 15.3 Å². The zero-order chi connectivity index (χ0) is 15.0. The Morgan fingerprint density at radius 1 is 1.50 bits per heavy atom. The van der Waals surface area contributed by atoms with Crippen LogP contribution in [-0.4, -0.2) is 34.6 Å². The van der Waals surface area contributed by atoms with Gasteiger partial charge in [0, 0.05) is 23.9 Å². The molecule has 1 atom stereocenters. The predicted octanol–water partition coefficient (Wildman–Crippen LogP) is 2.92. The van der Waals surface area contributed by atoms with Crippen LogP contribution in [-0.2, 0) is 11.3 Å².